The topological polar surface area (TPSA) is 74.0 Å². The van der Waals surface area contributed by atoms with Crippen LogP contribution in [0.2, 0.25) is 5.02 Å². The average molecular weight is 294 g/mol. The normalized spacial score (nSPS) is 22.2. The Morgan fingerprint density at radius 1 is 1.25 bits per heavy atom. The Morgan fingerprint density at radius 2 is 1.90 bits per heavy atom. The molecule has 1 fully saturated rings. The average Bonchev–Trinajstić information content (AvgIpc) is 2.38. The van der Waals surface area contributed by atoms with Gasteiger partial charge in [-0.25, -0.2) is 0 Å². The number of carbonyl (C=O) groups is 1. The zero-order valence-electron chi connectivity index (χ0n) is 11.4. The van der Waals surface area contributed by atoms with E-state index >= 15 is 0 Å². The monoisotopic (exact) mass is 293 g/mol. The van der Waals surface area contributed by atoms with Gasteiger partial charge in [-0.15, -0.1) is 0 Å². The molecule has 0 saturated heterocycles. The van der Waals surface area contributed by atoms with E-state index in [2.05, 4.69) is 15.7 Å². The van der Waals surface area contributed by atoms with Crippen LogP contribution in [0.1, 0.15) is 26.7 Å². The second-order valence-electron chi connectivity index (χ2n) is 5.57. The summed E-state index contributed by atoms with van der Waals surface area (Å²) in [6.07, 6.45) is 0.892. The van der Waals surface area contributed by atoms with Gasteiger partial charge in [0.2, 0.25) is 0 Å². The number of oxime groups is 1. The zero-order valence-corrected chi connectivity index (χ0v) is 12.1. The fraction of sp³-hybridized carbons (Fsp3) is 0.357. The van der Waals surface area contributed by atoms with E-state index in [4.69, 9.17) is 16.8 Å². The molecule has 0 heterocycles. The summed E-state index contributed by atoms with van der Waals surface area (Å²) in [5.41, 5.74) is 3.77. The Morgan fingerprint density at radius 3 is 2.50 bits per heavy atom. The predicted octanol–water partition coefficient (Wildman–Crippen LogP) is 3.33. The molecule has 0 amide bonds. The molecule has 1 aromatic rings. The molecule has 20 heavy (non-hydrogen) atoms. The van der Waals surface area contributed by atoms with E-state index < -0.39 is 0 Å². The predicted molar refractivity (Wildman–Crippen MR) is 79.8 cm³/mol. The minimum absolute atomic E-state index is 0.129. The molecule has 106 valence electrons. The van der Waals surface area contributed by atoms with Gasteiger partial charge in [-0.05, 0) is 29.7 Å². The molecule has 1 aliphatic rings. The fourth-order valence-corrected chi connectivity index (χ4v) is 2.26. The Kier molecular flexibility index (Phi) is 4.09. The van der Waals surface area contributed by atoms with Crippen LogP contribution in [0, 0.1) is 5.41 Å². The first-order valence-corrected chi connectivity index (χ1v) is 6.63. The minimum Gasteiger partial charge on any atom is -0.411 e. The second kappa shape index (κ2) is 5.63. The van der Waals surface area contributed by atoms with Crippen molar-refractivity contribution in [3.8, 4) is 0 Å². The van der Waals surface area contributed by atoms with Crippen LogP contribution in [-0.4, -0.2) is 22.4 Å². The largest absolute Gasteiger partial charge is 0.411 e. The lowest BCUT2D eigenvalue weighted by Gasteiger charge is -2.29. The van der Waals surface area contributed by atoms with Crippen LogP contribution in [0.15, 0.2) is 34.5 Å². The number of nitrogens with zero attached hydrogens (tertiary/aromatic N) is 2. The number of benzene rings is 1. The van der Waals surface area contributed by atoms with Crippen molar-refractivity contribution >= 4 is 34.5 Å². The van der Waals surface area contributed by atoms with Gasteiger partial charge in [0.25, 0.3) is 0 Å². The van der Waals surface area contributed by atoms with Crippen molar-refractivity contribution in [1.82, 2.24) is 0 Å². The molecule has 0 radical (unpaired) electrons. The standard InChI is InChI=1S/C14H16ClN3O2/c1-14(2)7-11(18-20)13(12(19)8-14)17-16-10-5-3-9(15)4-6-10/h3-6,16,20H,7-8H2,1-2H3/b17-13-,18-11+. The van der Waals surface area contributed by atoms with Gasteiger partial charge in [-0.3, -0.25) is 10.2 Å². The van der Waals surface area contributed by atoms with E-state index in [0.29, 0.717) is 29.3 Å². The third-order valence-electron chi connectivity index (χ3n) is 3.08. The number of ketones is 1. The van der Waals surface area contributed by atoms with Crippen LogP contribution >= 0.6 is 11.6 Å². The summed E-state index contributed by atoms with van der Waals surface area (Å²) in [6.45, 7) is 3.92. The summed E-state index contributed by atoms with van der Waals surface area (Å²) < 4.78 is 0. The first-order chi connectivity index (χ1) is 9.41. The van der Waals surface area contributed by atoms with Crippen LogP contribution in [0.4, 0.5) is 5.69 Å². The van der Waals surface area contributed by atoms with Crippen LogP contribution in [0.5, 0.6) is 0 Å². The highest BCUT2D eigenvalue weighted by molar-refractivity contribution is 6.68. The molecule has 0 bridgehead atoms. The highest BCUT2D eigenvalue weighted by atomic mass is 35.5. The van der Waals surface area contributed by atoms with Crippen LogP contribution in [-0.2, 0) is 4.79 Å². The molecule has 1 aromatic carbocycles. The van der Waals surface area contributed by atoms with E-state index in [9.17, 15) is 4.79 Å². The summed E-state index contributed by atoms with van der Waals surface area (Å²) in [6, 6.07) is 6.94. The van der Waals surface area contributed by atoms with Crippen molar-refractivity contribution in [2.75, 3.05) is 5.43 Å². The number of hydrogen-bond acceptors (Lipinski definition) is 5. The van der Waals surface area contributed by atoms with E-state index in [1.54, 1.807) is 24.3 Å². The molecule has 1 aliphatic carbocycles. The molecule has 2 N–H and O–H groups in total. The van der Waals surface area contributed by atoms with Crippen molar-refractivity contribution in [1.29, 1.82) is 0 Å². The lowest BCUT2D eigenvalue weighted by molar-refractivity contribution is -0.114. The number of nitrogens with one attached hydrogen (secondary N) is 1. The lowest BCUT2D eigenvalue weighted by atomic mass is 9.75. The minimum atomic E-state index is -0.210. The first-order valence-electron chi connectivity index (χ1n) is 6.25. The Balaban J connectivity index is 2.20. The molecule has 2 rings (SSSR count). The molecule has 5 nitrogen and oxygen atoms in total. The van der Waals surface area contributed by atoms with Gasteiger partial charge in [0, 0.05) is 17.9 Å². The molecular formula is C14H16ClN3O2. The number of anilines is 1. The lowest BCUT2D eigenvalue weighted by Crippen LogP contribution is -2.38. The van der Waals surface area contributed by atoms with E-state index in [1.165, 1.54) is 0 Å². The summed E-state index contributed by atoms with van der Waals surface area (Å²) in [5.74, 6) is -0.129. The Labute approximate surface area is 122 Å². The van der Waals surface area contributed by atoms with Gasteiger partial charge < -0.3 is 5.21 Å². The number of hydrogen-bond donors (Lipinski definition) is 2. The van der Waals surface area contributed by atoms with Crippen LogP contribution in [0.3, 0.4) is 0 Å². The van der Waals surface area contributed by atoms with Crippen molar-refractivity contribution in [3.63, 3.8) is 0 Å². The highest BCUT2D eigenvalue weighted by Crippen LogP contribution is 2.31. The van der Waals surface area contributed by atoms with Crippen LogP contribution < -0.4 is 5.43 Å². The van der Waals surface area contributed by atoms with Crippen molar-refractivity contribution in [3.05, 3.63) is 29.3 Å². The van der Waals surface area contributed by atoms with Gasteiger partial charge in [0.05, 0.1) is 5.69 Å². The number of rotatable bonds is 2. The Bertz CT molecular complexity index is 577. The molecule has 0 aliphatic heterocycles. The zero-order chi connectivity index (χ0) is 14.8. The molecule has 0 spiro atoms. The molecule has 1 saturated carbocycles. The van der Waals surface area contributed by atoms with Gasteiger partial charge in [0.1, 0.15) is 5.71 Å². The van der Waals surface area contributed by atoms with Crippen molar-refractivity contribution in [2.24, 2.45) is 15.7 Å². The molecule has 0 atom stereocenters. The maximum Gasteiger partial charge on any atom is 0.185 e. The summed E-state index contributed by atoms with van der Waals surface area (Å²) >= 11 is 5.79. The van der Waals surface area contributed by atoms with Gasteiger partial charge in [-0.2, -0.15) is 5.10 Å². The number of Topliss-reactive ketones (excluding diaryl/α,β-unsaturated/α-hetero) is 1. The molecular weight excluding hydrogens is 278 g/mol. The van der Waals surface area contributed by atoms with Gasteiger partial charge >= 0.3 is 0 Å². The molecule has 0 aromatic heterocycles. The van der Waals surface area contributed by atoms with E-state index in [1.807, 2.05) is 13.8 Å². The van der Waals surface area contributed by atoms with E-state index in [-0.39, 0.29) is 16.9 Å². The second-order valence-corrected chi connectivity index (χ2v) is 6.00. The third-order valence-corrected chi connectivity index (χ3v) is 3.34. The maximum absolute atomic E-state index is 12.1. The Hall–Kier alpha value is -1.88. The third kappa shape index (κ3) is 3.36. The molecule has 0 unspecified atom stereocenters. The highest BCUT2D eigenvalue weighted by Gasteiger charge is 2.36. The number of halogens is 1. The quantitative estimate of drug-likeness (QED) is 0.649. The van der Waals surface area contributed by atoms with Crippen LogP contribution in [0.25, 0.3) is 0 Å². The van der Waals surface area contributed by atoms with Crippen molar-refractivity contribution in [2.45, 2.75) is 26.7 Å². The number of carbonyl (C=O) groups excluding carboxylic acids is 1. The summed E-state index contributed by atoms with van der Waals surface area (Å²) in [7, 11) is 0. The molecule has 6 heteroatoms. The first kappa shape index (κ1) is 14.5. The maximum atomic E-state index is 12.1. The summed E-state index contributed by atoms with van der Waals surface area (Å²) in [4.78, 5) is 12.1. The summed E-state index contributed by atoms with van der Waals surface area (Å²) in [5, 5.41) is 16.9. The van der Waals surface area contributed by atoms with Gasteiger partial charge in [0.15, 0.2) is 11.5 Å². The number of hydrazone groups is 1. The fourth-order valence-electron chi connectivity index (χ4n) is 2.13. The van der Waals surface area contributed by atoms with Gasteiger partial charge in [-0.1, -0.05) is 30.6 Å². The van der Waals surface area contributed by atoms with Crippen molar-refractivity contribution < 1.29 is 10.0 Å². The smallest absolute Gasteiger partial charge is 0.185 e. The van der Waals surface area contributed by atoms with E-state index in [0.717, 1.165) is 0 Å². The SMILES string of the molecule is CC1(C)CC(=O)C(=N\Nc2ccc(Cl)cc2)/C(=N/O)C1.